The van der Waals surface area contributed by atoms with E-state index in [2.05, 4.69) is 66.9 Å². The van der Waals surface area contributed by atoms with E-state index in [0.29, 0.717) is 16.9 Å². The van der Waals surface area contributed by atoms with Crippen LogP contribution in [0.5, 0.6) is 0 Å². The molecule has 0 amide bonds. The molecule has 1 spiro atoms. The van der Waals surface area contributed by atoms with E-state index in [9.17, 15) is 0 Å². The first-order chi connectivity index (χ1) is 32.0. The standard InChI is InChI=1S/C64H93N/c1-63(2)55-26-13-10-23-48(55)50-36-35-43(37-59(50)63)65(42-33-31-41(32-34-42)40-17-4-3-5-18-40)61-30-16-29-58-62(61)51-25-12-15-28-57(51)64(58)56-27-14-11-24-49(56)54-38-52-46-21-8-6-19-44(46)45-20-7-9-22-47(45)53(52)39-60(54)64/h6,8,19,21,31-33,40,42-51,54-62H,3-5,7,9-18,20,22-30,34-39H2,1-2H3. The van der Waals surface area contributed by atoms with Crippen LogP contribution < -0.4 is 0 Å². The minimum Gasteiger partial charge on any atom is -0.290 e. The quantitative estimate of drug-likeness (QED) is 0.254. The molecule has 20 atom stereocenters. The maximum absolute atomic E-state index is 3.49. The molecule has 0 heterocycles. The normalized spacial score (nSPS) is 51.8. The van der Waals surface area contributed by atoms with Crippen molar-refractivity contribution in [1.29, 1.82) is 0 Å². The highest BCUT2D eigenvalue weighted by Crippen LogP contribution is 2.79. The van der Waals surface area contributed by atoms with E-state index in [0.717, 1.165) is 113 Å². The predicted molar refractivity (Wildman–Crippen MR) is 270 cm³/mol. The van der Waals surface area contributed by atoms with Crippen molar-refractivity contribution in [3.63, 3.8) is 0 Å². The number of fused-ring (bicyclic) bond motifs is 18. The fourth-order valence-electron chi connectivity index (χ4n) is 24.2. The second-order valence-electron chi connectivity index (χ2n) is 27.7. The van der Waals surface area contributed by atoms with Crippen molar-refractivity contribution in [1.82, 2.24) is 4.90 Å². The van der Waals surface area contributed by atoms with Crippen molar-refractivity contribution in [2.24, 2.45) is 111 Å². The zero-order valence-corrected chi connectivity index (χ0v) is 41.7. The Balaban J connectivity index is 0.854. The number of hydrogen-bond acceptors (Lipinski definition) is 1. The number of hydrogen-bond donors (Lipinski definition) is 0. The van der Waals surface area contributed by atoms with Gasteiger partial charge in [-0.15, -0.1) is 0 Å². The minimum atomic E-state index is 0.529. The molecule has 65 heavy (non-hydrogen) atoms. The molecule has 0 aliphatic heterocycles. The smallest absolute Gasteiger partial charge is 0.0322 e. The van der Waals surface area contributed by atoms with Crippen molar-refractivity contribution in [2.45, 2.75) is 225 Å². The summed E-state index contributed by atoms with van der Waals surface area (Å²) in [4.78, 5) is 3.49. The first-order valence-corrected chi connectivity index (χ1v) is 30.2. The molecule has 0 aromatic rings. The number of allylic oxidation sites excluding steroid dienone is 8. The summed E-state index contributed by atoms with van der Waals surface area (Å²) in [6.45, 7) is 5.59. The largest absolute Gasteiger partial charge is 0.290 e. The van der Waals surface area contributed by atoms with E-state index in [1.807, 2.05) is 5.57 Å². The first kappa shape index (κ1) is 42.5. The Morgan fingerprint density at radius 2 is 1.15 bits per heavy atom. The Morgan fingerprint density at radius 1 is 0.492 bits per heavy atom. The zero-order chi connectivity index (χ0) is 43.0. The van der Waals surface area contributed by atoms with Gasteiger partial charge in [0, 0.05) is 24.0 Å². The van der Waals surface area contributed by atoms with Gasteiger partial charge in [0.2, 0.25) is 0 Å². The predicted octanol–water partition coefficient (Wildman–Crippen LogP) is 16.7. The second-order valence-corrected chi connectivity index (χ2v) is 27.7. The molecule has 10 fully saturated rings. The molecule has 14 aliphatic carbocycles. The molecule has 14 aliphatic rings. The molecular weight excluding hydrogens is 783 g/mol. The molecular formula is C64H93N. The lowest BCUT2D eigenvalue weighted by molar-refractivity contribution is -0.0592. The van der Waals surface area contributed by atoms with Crippen molar-refractivity contribution in [3.05, 3.63) is 59.3 Å². The van der Waals surface area contributed by atoms with Crippen LogP contribution in [-0.4, -0.2) is 23.0 Å². The highest BCUT2D eigenvalue weighted by molar-refractivity contribution is 5.39. The van der Waals surface area contributed by atoms with Crippen LogP contribution in [0.3, 0.4) is 0 Å². The fourth-order valence-corrected chi connectivity index (χ4v) is 24.2. The van der Waals surface area contributed by atoms with Gasteiger partial charge in [-0.25, -0.2) is 0 Å². The Hall–Kier alpha value is -1.34. The molecule has 20 unspecified atom stereocenters. The molecule has 354 valence electrons. The van der Waals surface area contributed by atoms with Gasteiger partial charge in [-0.05, 0) is 227 Å². The molecule has 0 aromatic heterocycles. The second kappa shape index (κ2) is 16.6. The maximum atomic E-state index is 3.49. The van der Waals surface area contributed by atoms with Crippen molar-refractivity contribution in [2.75, 3.05) is 0 Å². The van der Waals surface area contributed by atoms with Gasteiger partial charge < -0.3 is 0 Å². The SMILES string of the molecule is CC1(C)C2CCCCC2C2CCC(N(C3C=CC(C4CCCCC4)=CC3)C3CCCC4C3C3CCCCC3C43C4CCCCC4C4CC5=C(CC43)C3CCCCC3C3C=CC=CC53)CC21. The van der Waals surface area contributed by atoms with E-state index in [4.69, 9.17) is 0 Å². The lowest BCUT2D eigenvalue weighted by Crippen LogP contribution is -2.57. The average Bonchev–Trinajstić information content (AvgIpc) is 3.92. The monoisotopic (exact) mass is 876 g/mol. The Labute approximate surface area is 398 Å². The van der Waals surface area contributed by atoms with E-state index in [1.165, 1.54) is 128 Å². The van der Waals surface area contributed by atoms with E-state index in [-0.39, 0.29) is 0 Å². The molecule has 1 nitrogen and oxygen atoms in total. The third-order valence-corrected chi connectivity index (χ3v) is 25.9. The summed E-state index contributed by atoms with van der Waals surface area (Å²) < 4.78 is 0. The van der Waals surface area contributed by atoms with E-state index >= 15 is 0 Å². The van der Waals surface area contributed by atoms with Crippen LogP contribution in [0.15, 0.2) is 59.3 Å². The van der Waals surface area contributed by atoms with Gasteiger partial charge in [0.1, 0.15) is 0 Å². The van der Waals surface area contributed by atoms with Crippen LogP contribution in [0.25, 0.3) is 0 Å². The Bertz CT molecular complexity index is 1950. The summed E-state index contributed by atoms with van der Waals surface area (Å²) in [6, 6.07) is 2.26. The third kappa shape index (κ3) is 6.34. The van der Waals surface area contributed by atoms with Crippen LogP contribution in [0.4, 0.5) is 0 Å². The topological polar surface area (TPSA) is 3.24 Å². The van der Waals surface area contributed by atoms with Crippen molar-refractivity contribution < 1.29 is 0 Å². The summed E-state index contributed by atoms with van der Waals surface area (Å²) in [7, 11) is 0. The minimum absolute atomic E-state index is 0.529. The molecule has 0 bridgehead atoms. The number of rotatable bonds is 4. The maximum Gasteiger partial charge on any atom is 0.0322 e. The van der Waals surface area contributed by atoms with Crippen LogP contribution in [0.2, 0.25) is 0 Å². The summed E-state index contributed by atoms with van der Waals surface area (Å²) in [6.07, 6.45) is 64.5. The highest BCUT2D eigenvalue weighted by Gasteiger charge is 2.74. The highest BCUT2D eigenvalue weighted by atomic mass is 15.2. The van der Waals surface area contributed by atoms with Crippen LogP contribution in [0, 0.1) is 111 Å². The van der Waals surface area contributed by atoms with E-state index < -0.39 is 0 Å². The molecule has 1 heteroatoms. The lowest BCUT2D eigenvalue weighted by Gasteiger charge is -2.56. The summed E-state index contributed by atoms with van der Waals surface area (Å²) in [5, 5.41) is 0. The van der Waals surface area contributed by atoms with Crippen molar-refractivity contribution >= 4 is 0 Å². The Kier molecular flexibility index (Phi) is 10.9. The zero-order valence-electron chi connectivity index (χ0n) is 41.7. The molecule has 14 rings (SSSR count). The van der Waals surface area contributed by atoms with Crippen molar-refractivity contribution in [3.8, 4) is 0 Å². The van der Waals surface area contributed by atoms with E-state index in [1.54, 1.807) is 69.8 Å². The molecule has 0 aromatic carbocycles. The lowest BCUT2D eigenvalue weighted by atomic mass is 9.49. The van der Waals surface area contributed by atoms with Gasteiger partial charge in [0.25, 0.3) is 0 Å². The Morgan fingerprint density at radius 3 is 1.95 bits per heavy atom. The molecule has 10 saturated carbocycles. The van der Waals surface area contributed by atoms with Gasteiger partial charge in [0.05, 0.1) is 0 Å². The van der Waals surface area contributed by atoms with Gasteiger partial charge in [0.15, 0.2) is 0 Å². The average molecular weight is 876 g/mol. The summed E-state index contributed by atoms with van der Waals surface area (Å²) in [5.41, 5.74) is 7.07. The summed E-state index contributed by atoms with van der Waals surface area (Å²) >= 11 is 0. The van der Waals surface area contributed by atoms with Gasteiger partial charge >= 0.3 is 0 Å². The van der Waals surface area contributed by atoms with Gasteiger partial charge in [-0.1, -0.05) is 145 Å². The van der Waals surface area contributed by atoms with Crippen LogP contribution >= 0.6 is 0 Å². The van der Waals surface area contributed by atoms with Crippen LogP contribution in [-0.2, 0) is 0 Å². The van der Waals surface area contributed by atoms with Gasteiger partial charge in [-0.2, -0.15) is 0 Å². The first-order valence-electron chi connectivity index (χ1n) is 30.2. The van der Waals surface area contributed by atoms with Gasteiger partial charge in [-0.3, -0.25) is 4.90 Å². The molecule has 0 saturated heterocycles. The molecule has 0 radical (unpaired) electrons. The third-order valence-electron chi connectivity index (χ3n) is 25.9. The fraction of sp³-hybridized carbons (Fsp3) is 0.844. The number of nitrogens with zero attached hydrogens (tertiary/aromatic N) is 1. The molecule has 0 N–H and O–H groups in total. The summed E-state index contributed by atoms with van der Waals surface area (Å²) in [5.74, 6) is 16.3. The van der Waals surface area contributed by atoms with Crippen LogP contribution in [0.1, 0.15) is 206 Å².